The van der Waals surface area contributed by atoms with Gasteiger partial charge in [0.2, 0.25) is 0 Å². The molecule has 1 aliphatic rings. The van der Waals surface area contributed by atoms with E-state index in [2.05, 4.69) is 5.32 Å². The third-order valence-electron chi connectivity index (χ3n) is 3.64. The van der Waals surface area contributed by atoms with Crippen molar-refractivity contribution in [2.75, 3.05) is 4.90 Å². The van der Waals surface area contributed by atoms with Crippen LogP contribution < -0.4 is 10.2 Å². The molecule has 3 rings (SSSR count). The van der Waals surface area contributed by atoms with E-state index < -0.39 is 11.6 Å². The van der Waals surface area contributed by atoms with E-state index >= 15 is 0 Å². The molecule has 5 heteroatoms. The Balaban J connectivity index is 2.06. The molecule has 1 N–H and O–H groups in total. The Labute approximate surface area is 127 Å². The number of para-hydroxylation sites is 1. The number of anilines is 1. The number of nitrogens with one attached hydrogen (secondary N) is 1. The molecule has 1 atom stereocenters. The van der Waals surface area contributed by atoms with Gasteiger partial charge in [-0.25, -0.2) is 9.69 Å². The summed E-state index contributed by atoms with van der Waals surface area (Å²) in [5.74, 6) is -0.341. The molecule has 2 aromatic carbocycles. The molecular formula is C16H13ClN2O2. The lowest BCUT2D eigenvalue weighted by Gasteiger charge is -2.22. The van der Waals surface area contributed by atoms with Crippen molar-refractivity contribution in [3.05, 3.63) is 65.2 Å². The van der Waals surface area contributed by atoms with Crippen molar-refractivity contribution >= 4 is 29.2 Å². The molecule has 1 fully saturated rings. The van der Waals surface area contributed by atoms with Gasteiger partial charge < -0.3 is 5.32 Å². The van der Waals surface area contributed by atoms with E-state index in [-0.39, 0.29) is 5.91 Å². The van der Waals surface area contributed by atoms with Crippen molar-refractivity contribution in [2.24, 2.45) is 0 Å². The molecule has 106 valence electrons. The van der Waals surface area contributed by atoms with E-state index in [0.717, 1.165) is 10.5 Å². The van der Waals surface area contributed by atoms with Crippen LogP contribution in [0.2, 0.25) is 5.02 Å². The summed E-state index contributed by atoms with van der Waals surface area (Å²) in [5.41, 5.74) is 0.0385. The van der Waals surface area contributed by atoms with Crippen LogP contribution in [0.15, 0.2) is 54.6 Å². The van der Waals surface area contributed by atoms with Crippen LogP contribution in [-0.2, 0) is 10.3 Å². The molecule has 1 heterocycles. The van der Waals surface area contributed by atoms with Crippen LogP contribution in [0.4, 0.5) is 10.5 Å². The van der Waals surface area contributed by atoms with Crippen molar-refractivity contribution in [3.63, 3.8) is 0 Å². The molecular weight excluding hydrogens is 288 g/mol. The zero-order chi connectivity index (χ0) is 15.0. The zero-order valence-electron chi connectivity index (χ0n) is 11.3. The summed E-state index contributed by atoms with van der Waals surface area (Å²) in [6.45, 7) is 1.69. The average Bonchev–Trinajstić information content (AvgIpc) is 2.72. The normalized spacial score (nSPS) is 21.5. The number of urea groups is 1. The van der Waals surface area contributed by atoms with Gasteiger partial charge in [-0.15, -0.1) is 0 Å². The summed E-state index contributed by atoms with van der Waals surface area (Å²) in [6.07, 6.45) is 0. The van der Waals surface area contributed by atoms with Crippen LogP contribution in [0, 0.1) is 0 Å². The van der Waals surface area contributed by atoms with E-state index in [1.54, 1.807) is 31.2 Å². The summed E-state index contributed by atoms with van der Waals surface area (Å²) >= 11 is 6.10. The van der Waals surface area contributed by atoms with Crippen molar-refractivity contribution in [3.8, 4) is 0 Å². The van der Waals surface area contributed by atoms with Crippen molar-refractivity contribution < 1.29 is 9.59 Å². The first-order valence-electron chi connectivity index (χ1n) is 6.51. The molecule has 4 nitrogen and oxygen atoms in total. The lowest BCUT2D eigenvalue weighted by Crippen LogP contribution is -2.40. The lowest BCUT2D eigenvalue weighted by atomic mass is 9.92. The maximum Gasteiger partial charge on any atom is 0.330 e. The molecule has 2 aromatic rings. The molecule has 0 spiro atoms. The highest BCUT2D eigenvalue weighted by Gasteiger charge is 2.49. The third kappa shape index (κ3) is 2.08. The number of carbonyl (C=O) groups is 2. The highest BCUT2D eigenvalue weighted by atomic mass is 35.5. The standard InChI is InChI=1S/C16H13ClN2O2/c1-16(11-7-3-2-4-8-11)14(20)19(15(21)18-16)13-10-6-5-9-12(13)17/h2-10H,1H3,(H,18,21). The molecule has 1 unspecified atom stereocenters. The van der Waals surface area contributed by atoms with E-state index in [9.17, 15) is 9.59 Å². The molecule has 1 saturated heterocycles. The van der Waals surface area contributed by atoms with Gasteiger partial charge in [-0.05, 0) is 24.6 Å². The second-order valence-electron chi connectivity index (χ2n) is 5.01. The maximum absolute atomic E-state index is 12.8. The first-order valence-corrected chi connectivity index (χ1v) is 6.88. The Morgan fingerprint density at radius 2 is 1.62 bits per heavy atom. The predicted octanol–water partition coefficient (Wildman–Crippen LogP) is 3.31. The summed E-state index contributed by atoms with van der Waals surface area (Å²) in [7, 11) is 0. The number of amides is 3. The summed E-state index contributed by atoms with van der Waals surface area (Å²) < 4.78 is 0. The molecule has 3 amide bonds. The minimum absolute atomic E-state index is 0.341. The summed E-state index contributed by atoms with van der Waals surface area (Å²) in [4.78, 5) is 26.1. The van der Waals surface area contributed by atoms with Crippen LogP contribution in [-0.4, -0.2) is 11.9 Å². The minimum atomic E-state index is -1.09. The number of carbonyl (C=O) groups excluding carboxylic acids is 2. The van der Waals surface area contributed by atoms with Crippen LogP contribution in [0.3, 0.4) is 0 Å². The number of imide groups is 1. The van der Waals surface area contributed by atoms with Gasteiger partial charge in [0.25, 0.3) is 5.91 Å². The number of benzene rings is 2. The Morgan fingerprint density at radius 1 is 1.00 bits per heavy atom. The predicted molar refractivity (Wildman–Crippen MR) is 81.3 cm³/mol. The Morgan fingerprint density at radius 3 is 2.29 bits per heavy atom. The monoisotopic (exact) mass is 300 g/mol. The van der Waals surface area contributed by atoms with Gasteiger partial charge in [0.1, 0.15) is 5.54 Å². The van der Waals surface area contributed by atoms with Gasteiger partial charge in [0, 0.05) is 0 Å². The highest BCUT2D eigenvalue weighted by molar-refractivity contribution is 6.36. The fourth-order valence-electron chi connectivity index (χ4n) is 2.46. The number of rotatable bonds is 2. The van der Waals surface area contributed by atoms with Gasteiger partial charge in [-0.2, -0.15) is 0 Å². The quantitative estimate of drug-likeness (QED) is 0.865. The van der Waals surface area contributed by atoms with E-state index in [1.807, 2.05) is 30.3 Å². The number of halogens is 1. The van der Waals surface area contributed by atoms with E-state index in [0.29, 0.717) is 10.7 Å². The molecule has 21 heavy (non-hydrogen) atoms. The van der Waals surface area contributed by atoms with Crippen LogP contribution >= 0.6 is 11.6 Å². The Hall–Kier alpha value is -2.33. The van der Waals surface area contributed by atoms with Gasteiger partial charge in [0.15, 0.2) is 0 Å². The second kappa shape index (κ2) is 4.90. The van der Waals surface area contributed by atoms with Crippen molar-refractivity contribution in [2.45, 2.75) is 12.5 Å². The smallest absolute Gasteiger partial charge is 0.319 e. The lowest BCUT2D eigenvalue weighted by molar-refractivity contribution is -0.121. The summed E-state index contributed by atoms with van der Waals surface area (Å²) in [6, 6.07) is 15.5. The summed E-state index contributed by atoms with van der Waals surface area (Å²) in [5, 5.41) is 3.11. The van der Waals surface area contributed by atoms with Crippen molar-refractivity contribution in [1.82, 2.24) is 5.32 Å². The van der Waals surface area contributed by atoms with Crippen LogP contribution in [0.5, 0.6) is 0 Å². The van der Waals surface area contributed by atoms with Gasteiger partial charge >= 0.3 is 6.03 Å². The average molecular weight is 301 g/mol. The zero-order valence-corrected chi connectivity index (χ0v) is 12.1. The Bertz CT molecular complexity index is 717. The molecule has 0 aromatic heterocycles. The fraction of sp³-hybridized carbons (Fsp3) is 0.125. The molecule has 0 bridgehead atoms. The highest BCUT2D eigenvalue weighted by Crippen LogP contribution is 2.34. The van der Waals surface area contributed by atoms with Gasteiger partial charge in [-0.3, -0.25) is 4.79 Å². The molecule has 0 saturated carbocycles. The minimum Gasteiger partial charge on any atom is -0.319 e. The van der Waals surface area contributed by atoms with Crippen molar-refractivity contribution in [1.29, 1.82) is 0 Å². The van der Waals surface area contributed by atoms with E-state index in [1.165, 1.54) is 0 Å². The van der Waals surface area contributed by atoms with Gasteiger partial charge in [0.05, 0.1) is 10.7 Å². The fourth-order valence-corrected chi connectivity index (χ4v) is 2.68. The number of hydrogen-bond donors (Lipinski definition) is 1. The first-order chi connectivity index (χ1) is 10.0. The molecule has 0 aliphatic carbocycles. The number of hydrogen-bond acceptors (Lipinski definition) is 2. The molecule has 1 aliphatic heterocycles. The maximum atomic E-state index is 12.8. The topological polar surface area (TPSA) is 49.4 Å². The Kier molecular flexibility index (Phi) is 3.18. The number of nitrogens with zero attached hydrogens (tertiary/aromatic N) is 1. The largest absolute Gasteiger partial charge is 0.330 e. The third-order valence-corrected chi connectivity index (χ3v) is 3.95. The van der Waals surface area contributed by atoms with E-state index in [4.69, 9.17) is 11.6 Å². The van der Waals surface area contributed by atoms with Crippen LogP contribution in [0.25, 0.3) is 0 Å². The second-order valence-corrected chi connectivity index (χ2v) is 5.42. The van der Waals surface area contributed by atoms with Crippen LogP contribution in [0.1, 0.15) is 12.5 Å². The molecule has 0 radical (unpaired) electrons. The SMILES string of the molecule is CC1(c2ccccc2)NC(=O)N(c2ccccc2Cl)C1=O. The first kappa shape index (κ1) is 13.6. The van der Waals surface area contributed by atoms with Gasteiger partial charge in [-0.1, -0.05) is 54.1 Å².